The maximum absolute atomic E-state index is 13.3. The number of phenolic OH excluding ortho intramolecular Hbond substituents is 1. The summed E-state index contributed by atoms with van der Waals surface area (Å²) >= 11 is 0. The summed E-state index contributed by atoms with van der Waals surface area (Å²) in [6, 6.07) is 19.2. The van der Waals surface area contributed by atoms with Crippen LogP contribution in [-0.4, -0.2) is 20.8 Å². The van der Waals surface area contributed by atoms with Gasteiger partial charge in [-0.3, -0.25) is 14.9 Å². The molecule has 1 heterocycles. The Morgan fingerprint density at radius 2 is 1.83 bits per heavy atom. The van der Waals surface area contributed by atoms with Gasteiger partial charge in [0.15, 0.2) is 5.75 Å². The maximum atomic E-state index is 13.3. The summed E-state index contributed by atoms with van der Waals surface area (Å²) in [5.41, 5.74) is 3.40. The van der Waals surface area contributed by atoms with E-state index >= 15 is 0 Å². The molecular weight excluding hydrogens is 370 g/mol. The lowest BCUT2D eigenvalue weighted by Crippen LogP contribution is -2.42. The first-order chi connectivity index (χ1) is 13.9. The number of rotatable bonds is 4. The molecule has 1 amide bonds. The summed E-state index contributed by atoms with van der Waals surface area (Å²) in [6.45, 7) is 2.33. The van der Waals surface area contributed by atoms with Crippen molar-refractivity contribution in [1.82, 2.24) is 4.90 Å². The van der Waals surface area contributed by atoms with Gasteiger partial charge in [0.05, 0.1) is 10.5 Å². The summed E-state index contributed by atoms with van der Waals surface area (Å²) < 4.78 is 0. The fourth-order valence-corrected chi connectivity index (χ4v) is 3.47. The lowest BCUT2D eigenvalue weighted by Gasteiger charge is -2.38. The van der Waals surface area contributed by atoms with Gasteiger partial charge >= 0.3 is 5.69 Å². The van der Waals surface area contributed by atoms with E-state index in [1.54, 1.807) is 29.2 Å². The normalized spacial score (nSPS) is 15.6. The van der Waals surface area contributed by atoms with Crippen LogP contribution in [0.4, 0.5) is 11.4 Å². The number of amides is 1. The van der Waals surface area contributed by atoms with E-state index in [2.05, 4.69) is 5.32 Å². The average Bonchev–Trinajstić information content (AvgIpc) is 2.72. The molecule has 2 N–H and O–H groups in total. The molecule has 0 bridgehead atoms. The Morgan fingerprint density at radius 1 is 1.10 bits per heavy atom. The van der Waals surface area contributed by atoms with Gasteiger partial charge in [-0.1, -0.05) is 48.0 Å². The predicted octanol–water partition coefficient (Wildman–Crippen LogP) is 4.38. The van der Waals surface area contributed by atoms with E-state index in [9.17, 15) is 20.0 Å². The summed E-state index contributed by atoms with van der Waals surface area (Å²) in [5, 5.41) is 24.4. The van der Waals surface area contributed by atoms with Gasteiger partial charge in [-0.15, -0.1) is 0 Å². The highest BCUT2D eigenvalue weighted by Crippen LogP contribution is 2.37. The molecule has 0 fully saturated rings. The number of benzene rings is 3. The van der Waals surface area contributed by atoms with E-state index in [-0.39, 0.29) is 5.91 Å². The number of nitrogens with zero attached hydrogens (tertiary/aromatic N) is 2. The molecule has 3 aromatic carbocycles. The van der Waals surface area contributed by atoms with Crippen molar-refractivity contribution in [3.8, 4) is 5.75 Å². The monoisotopic (exact) mass is 389 g/mol. The van der Waals surface area contributed by atoms with E-state index in [1.807, 2.05) is 37.3 Å². The zero-order valence-corrected chi connectivity index (χ0v) is 15.7. The van der Waals surface area contributed by atoms with Gasteiger partial charge in [0.25, 0.3) is 5.91 Å². The van der Waals surface area contributed by atoms with Crippen molar-refractivity contribution >= 4 is 17.3 Å². The van der Waals surface area contributed by atoms with E-state index in [0.717, 1.165) is 11.1 Å². The van der Waals surface area contributed by atoms with Gasteiger partial charge in [-0.05, 0) is 30.7 Å². The van der Waals surface area contributed by atoms with Crippen LogP contribution in [0.5, 0.6) is 5.75 Å². The highest BCUT2D eigenvalue weighted by molar-refractivity contribution is 6.01. The molecule has 29 heavy (non-hydrogen) atoms. The summed E-state index contributed by atoms with van der Waals surface area (Å²) in [7, 11) is 0. The van der Waals surface area contributed by atoms with E-state index in [1.165, 1.54) is 12.1 Å². The molecule has 0 aliphatic carbocycles. The van der Waals surface area contributed by atoms with Crippen LogP contribution in [0.2, 0.25) is 0 Å². The molecule has 3 aromatic rings. The lowest BCUT2D eigenvalue weighted by atomic mass is 10.0. The molecule has 0 radical (unpaired) electrons. The highest BCUT2D eigenvalue weighted by Gasteiger charge is 2.33. The molecule has 0 aromatic heterocycles. The van der Waals surface area contributed by atoms with Crippen LogP contribution in [0.1, 0.15) is 33.2 Å². The molecule has 1 unspecified atom stereocenters. The van der Waals surface area contributed by atoms with Crippen LogP contribution >= 0.6 is 0 Å². The van der Waals surface area contributed by atoms with Crippen molar-refractivity contribution in [3.05, 3.63) is 99.1 Å². The number of phenols is 1. The van der Waals surface area contributed by atoms with Crippen molar-refractivity contribution in [2.24, 2.45) is 0 Å². The minimum absolute atomic E-state index is 0.166. The zero-order valence-electron chi connectivity index (χ0n) is 15.7. The number of fused-ring (bicyclic) bond motifs is 1. The lowest BCUT2D eigenvalue weighted by molar-refractivity contribution is -0.385. The fourth-order valence-electron chi connectivity index (χ4n) is 3.47. The Balaban J connectivity index is 1.78. The Labute approximate surface area is 167 Å². The standard InChI is InChI=1S/C22H19N3O4/c1-14-6-8-15(9-7-14)13-24-21(16-10-11-20(26)19(12-16)25(28)29)23-18-5-3-2-4-17(18)22(24)27/h2-12,21,23,26H,13H2,1H3. The number of aryl methyl sites for hydroxylation is 1. The third kappa shape index (κ3) is 3.50. The molecule has 1 atom stereocenters. The minimum Gasteiger partial charge on any atom is -0.502 e. The molecule has 1 aliphatic rings. The van der Waals surface area contributed by atoms with Gasteiger partial charge in [0.1, 0.15) is 6.17 Å². The first-order valence-corrected chi connectivity index (χ1v) is 9.13. The second-order valence-corrected chi connectivity index (χ2v) is 7.02. The van der Waals surface area contributed by atoms with E-state index in [0.29, 0.717) is 23.4 Å². The van der Waals surface area contributed by atoms with Crippen molar-refractivity contribution in [1.29, 1.82) is 0 Å². The number of para-hydroxylation sites is 1. The zero-order chi connectivity index (χ0) is 20.5. The second kappa shape index (κ2) is 7.27. The molecule has 0 saturated carbocycles. The Hall–Kier alpha value is -3.87. The first kappa shape index (κ1) is 18.5. The van der Waals surface area contributed by atoms with Crippen LogP contribution in [0.15, 0.2) is 66.7 Å². The van der Waals surface area contributed by atoms with Gasteiger partial charge in [0.2, 0.25) is 0 Å². The van der Waals surface area contributed by atoms with E-state index in [4.69, 9.17) is 0 Å². The van der Waals surface area contributed by atoms with Crippen molar-refractivity contribution < 1.29 is 14.8 Å². The smallest absolute Gasteiger partial charge is 0.311 e. The number of nitrogens with one attached hydrogen (secondary N) is 1. The number of nitro benzene ring substituents is 1. The third-order valence-electron chi connectivity index (χ3n) is 5.01. The Kier molecular flexibility index (Phi) is 4.64. The highest BCUT2D eigenvalue weighted by atomic mass is 16.6. The summed E-state index contributed by atoms with van der Waals surface area (Å²) in [4.78, 5) is 25.5. The third-order valence-corrected chi connectivity index (χ3v) is 5.01. The molecule has 1 aliphatic heterocycles. The van der Waals surface area contributed by atoms with Crippen LogP contribution in [-0.2, 0) is 6.54 Å². The summed E-state index contributed by atoms with van der Waals surface area (Å²) in [6.07, 6.45) is -0.613. The van der Waals surface area contributed by atoms with Crippen LogP contribution < -0.4 is 5.32 Å². The first-order valence-electron chi connectivity index (χ1n) is 9.13. The molecule has 0 saturated heterocycles. The summed E-state index contributed by atoms with van der Waals surface area (Å²) in [5.74, 6) is -0.577. The Bertz CT molecular complexity index is 1100. The number of nitro groups is 1. The van der Waals surface area contributed by atoms with Crippen LogP contribution in [0.25, 0.3) is 0 Å². The van der Waals surface area contributed by atoms with Crippen LogP contribution in [0.3, 0.4) is 0 Å². The van der Waals surface area contributed by atoms with E-state index < -0.39 is 22.5 Å². The number of anilines is 1. The van der Waals surface area contributed by atoms with Crippen molar-refractivity contribution in [2.45, 2.75) is 19.6 Å². The number of hydrogen-bond donors (Lipinski definition) is 2. The number of aromatic hydroxyl groups is 1. The maximum Gasteiger partial charge on any atom is 0.311 e. The number of hydrogen-bond acceptors (Lipinski definition) is 5. The molecule has 0 spiro atoms. The largest absolute Gasteiger partial charge is 0.502 e. The van der Waals surface area contributed by atoms with Crippen LogP contribution in [0, 0.1) is 17.0 Å². The molecule has 4 rings (SSSR count). The van der Waals surface area contributed by atoms with Crippen molar-refractivity contribution in [2.75, 3.05) is 5.32 Å². The predicted molar refractivity (Wildman–Crippen MR) is 109 cm³/mol. The fraction of sp³-hybridized carbons (Fsp3) is 0.136. The average molecular weight is 389 g/mol. The quantitative estimate of drug-likeness (QED) is 0.510. The Morgan fingerprint density at radius 3 is 2.55 bits per heavy atom. The molecular formula is C22H19N3O4. The molecule has 146 valence electrons. The number of carbonyl (C=O) groups is 1. The second-order valence-electron chi connectivity index (χ2n) is 7.02. The minimum atomic E-state index is -0.637. The number of carbonyl (C=O) groups excluding carboxylic acids is 1. The van der Waals surface area contributed by atoms with Gasteiger partial charge in [-0.2, -0.15) is 0 Å². The van der Waals surface area contributed by atoms with Crippen molar-refractivity contribution in [3.63, 3.8) is 0 Å². The van der Waals surface area contributed by atoms with Gasteiger partial charge < -0.3 is 15.3 Å². The van der Waals surface area contributed by atoms with Gasteiger partial charge in [0, 0.05) is 23.9 Å². The topological polar surface area (TPSA) is 95.7 Å². The molecule has 7 nitrogen and oxygen atoms in total. The SMILES string of the molecule is Cc1ccc(CN2C(=O)c3ccccc3NC2c2ccc(O)c([N+](=O)[O-])c2)cc1. The molecule has 7 heteroatoms. The van der Waals surface area contributed by atoms with Gasteiger partial charge in [-0.25, -0.2) is 0 Å².